The van der Waals surface area contributed by atoms with Crippen LogP contribution in [0, 0.1) is 0 Å². The number of hydrogen-bond acceptors (Lipinski definition) is 5. The van der Waals surface area contributed by atoms with E-state index >= 15 is 0 Å². The molecule has 0 saturated carbocycles. The third-order valence-electron chi connectivity index (χ3n) is 2.22. The van der Waals surface area contributed by atoms with Crippen LogP contribution in [0.1, 0.15) is 0 Å². The highest BCUT2D eigenvalue weighted by atomic mass is 19.2. The van der Waals surface area contributed by atoms with Crippen LogP contribution in [-0.2, 0) is 6.04 Å². The van der Waals surface area contributed by atoms with E-state index in [1.807, 2.05) is 0 Å². The van der Waals surface area contributed by atoms with Gasteiger partial charge in [-0.15, -0.1) is 5.10 Å². The van der Waals surface area contributed by atoms with E-state index in [4.69, 9.17) is 0 Å². The van der Waals surface area contributed by atoms with Crippen molar-refractivity contribution in [2.75, 3.05) is 0 Å². The van der Waals surface area contributed by atoms with Gasteiger partial charge in [0.05, 0.1) is 11.7 Å². The van der Waals surface area contributed by atoms with Gasteiger partial charge in [0.1, 0.15) is 5.52 Å². The SMILES string of the molecule is FC1(n2nnc3cnccc32)N=CC=CN1. The second-order valence-electron chi connectivity index (χ2n) is 3.23. The number of aromatic nitrogens is 4. The Morgan fingerprint density at radius 2 is 2.38 bits per heavy atom. The molecule has 0 aliphatic carbocycles. The van der Waals surface area contributed by atoms with Gasteiger partial charge in [-0.3, -0.25) is 4.98 Å². The first-order valence-corrected chi connectivity index (χ1v) is 4.62. The van der Waals surface area contributed by atoms with Gasteiger partial charge in [0.25, 0.3) is 0 Å². The lowest BCUT2D eigenvalue weighted by Gasteiger charge is -2.22. The lowest BCUT2D eigenvalue weighted by Crippen LogP contribution is -2.41. The molecule has 0 amide bonds. The molecule has 6 nitrogen and oxygen atoms in total. The Bertz CT molecular complexity index is 588. The Morgan fingerprint density at radius 3 is 3.19 bits per heavy atom. The van der Waals surface area contributed by atoms with E-state index in [0.29, 0.717) is 11.0 Å². The molecule has 80 valence electrons. The minimum atomic E-state index is -2.12. The Labute approximate surface area is 89.5 Å². The van der Waals surface area contributed by atoms with E-state index in [1.165, 1.54) is 18.6 Å². The van der Waals surface area contributed by atoms with Crippen molar-refractivity contribution in [2.24, 2.45) is 4.99 Å². The number of alkyl halides is 1. The fraction of sp³-hybridized carbons (Fsp3) is 0.111. The fourth-order valence-electron chi connectivity index (χ4n) is 1.49. The van der Waals surface area contributed by atoms with Gasteiger partial charge in [-0.1, -0.05) is 5.21 Å². The number of nitrogens with one attached hydrogen (secondary N) is 1. The van der Waals surface area contributed by atoms with Gasteiger partial charge in [0.15, 0.2) is 0 Å². The molecule has 0 bridgehead atoms. The van der Waals surface area contributed by atoms with Gasteiger partial charge < -0.3 is 5.32 Å². The van der Waals surface area contributed by atoms with Crippen LogP contribution in [0.25, 0.3) is 11.0 Å². The number of allylic oxidation sites excluding steroid dienone is 1. The molecule has 0 aromatic carbocycles. The summed E-state index contributed by atoms with van der Waals surface area (Å²) in [6, 6.07) is -0.489. The molecule has 1 aliphatic heterocycles. The number of halogens is 1. The van der Waals surface area contributed by atoms with E-state index in [2.05, 4.69) is 25.6 Å². The lowest BCUT2D eigenvalue weighted by atomic mass is 10.4. The zero-order valence-corrected chi connectivity index (χ0v) is 8.08. The normalized spacial score (nSPS) is 23.6. The van der Waals surface area contributed by atoms with Crippen molar-refractivity contribution in [3.63, 3.8) is 0 Å². The van der Waals surface area contributed by atoms with Crippen molar-refractivity contribution in [1.29, 1.82) is 0 Å². The van der Waals surface area contributed by atoms with Gasteiger partial charge in [0, 0.05) is 18.6 Å². The summed E-state index contributed by atoms with van der Waals surface area (Å²) in [6.07, 6.45) is 7.49. The molecule has 0 radical (unpaired) electrons. The first kappa shape index (κ1) is 8.96. The van der Waals surface area contributed by atoms with E-state index in [-0.39, 0.29) is 0 Å². The number of pyridine rings is 1. The van der Waals surface area contributed by atoms with Gasteiger partial charge >= 0.3 is 6.04 Å². The van der Waals surface area contributed by atoms with E-state index in [0.717, 1.165) is 4.68 Å². The molecule has 1 N–H and O–H groups in total. The average molecular weight is 218 g/mol. The molecule has 7 heteroatoms. The predicted octanol–water partition coefficient (Wildman–Crippen LogP) is 0.551. The van der Waals surface area contributed by atoms with Crippen molar-refractivity contribution < 1.29 is 4.39 Å². The second kappa shape index (κ2) is 3.09. The van der Waals surface area contributed by atoms with Crippen LogP contribution in [0.15, 0.2) is 35.7 Å². The molecule has 1 aliphatic rings. The lowest BCUT2D eigenvalue weighted by molar-refractivity contribution is 0.0417. The third-order valence-corrected chi connectivity index (χ3v) is 2.22. The fourth-order valence-corrected chi connectivity index (χ4v) is 1.49. The predicted molar refractivity (Wildman–Crippen MR) is 55.2 cm³/mol. The van der Waals surface area contributed by atoms with Crippen molar-refractivity contribution in [3.05, 3.63) is 30.7 Å². The number of aliphatic imine (C=N–C) groups is 1. The first-order valence-electron chi connectivity index (χ1n) is 4.62. The summed E-state index contributed by atoms with van der Waals surface area (Å²) in [7, 11) is 0. The summed E-state index contributed by atoms with van der Waals surface area (Å²) < 4.78 is 15.4. The molecule has 2 aromatic heterocycles. The first-order chi connectivity index (χ1) is 7.80. The molecule has 3 heterocycles. The van der Waals surface area contributed by atoms with Crippen molar-refractivity contribution in [3.8, 4) is 0 Å². The third kappa shape index (κ3) is 1.18. The Hall–Kier alpha value is -2.31. The summed E-state index contributed by atoms with van der Waals surface area (Å²) in [5.41, 5.74) is 1.04. The molecule has 1 atom stereocenters. The summed E-state index contributed by atoms with van der Waals surface area (Å²) in [4.78, 5) is 7.59. The Morgan fingerprint density at radius 1 is 1.44 bits per heavy atom. The number of hydrogen-bond donors (Lipinski definition) is 1. The summed E-state index contributed by atoms with van der Waals surface area (Å²) in [5.74, 6) is 0. The maximum absolute atomic E-state index is 14.3. The molecular weight excluding hydrogens is 211 g/mol. The van der Waals surface area contributed by atoms with Gasteiger partial charge in [-0.2, -0.15) is 9.07 Å². The number of rotatable bonds is 1. The highest BCUT2D eigenvalue weighted by molar-refractivity contribution is 5.74. The molecule has 0 fully saturated rings. The Kier molecular flexibility index (Phi) is 1.73. The number of fused-ring (bicyclic) bond motifs is 1. The van der Waals surface area contributed by atoms with Crippen LogP contribution in [-0.4, -0.2) is 26.2 Å². The molecule has 0 saturated heterocycles. The van der Waals surface area contributed by atoms with Crippen LogP contribution in [0.4, 0.5) is 4.39 Å². The number of nitrogens with zero attached hydrogens (tertiary/aromatic N) is 5. The Balaban J connectivity index is 2.19. The molecule has 1 unspecified atom stereocenters. The van der Waals surface area contributed by atoms with Crippen molar-refractivity contribution >= 4 is 17.2 Å². The zero-order valence-electron chi connectivity index (χ0n) is 8.08. The minimum Gasteiger partial charge on any atom is -0.321 e. The van der Waals surface area contributed by atoms with E-state index < -0.39 is 6.04 Å². The quantitative estimate of drug-likeness (QED) is 0.710. The molecule has 3 rings (SSSR count). The van der Waals surface area contributed by atoms with Crippen LogP contribution in [0.3, 0.4) is 0 Å². The van der Waals surface area contributed by atoms with Gasteiger partial charge in [-0.25, -0.2) is 4.99 Å². The standard InChI is InChI=1S/C9H7FN6/c10-9(12-3-1-4-13-9)16-8-2-5-11-6-7(8)14-15-16/h1-6,12H. The van der Waals surface area contributed by atoms with Crippen LogP contribution < -0.4 is 5.32 Å². The maximum Gasteiger partial charge on any atom is 0.381 e. The molecule has 16 heavy (non-hydrogen) atoms. The highest BCUT2D eigenvalue weighted by Crippen LogP contribution is 2.22. The molecular formula is C9H7FN6. The summed E-state index contributed by atoms with van der Waals surface area (Å²) in [6.45, 7) is 0. The minimum absolute atomic E-state index is 0.520. The van der Waals surface area contributed by atoms with Crippen LogP contribution in [0.2, 0.25) is 0 Å². The smallest absolute Gasteiger partial charge is 0.321 e. The molecule has 0 spiro atoms. The van der Waals surface area contributed by atoms with Crippen molar-refractivity contribution in [1.82, 2.24) is 25.3 Å². The zero-order chi connectivity index (χ0) is 11.0. The monoisotopic (exact) mass is 218 g/mol. The maximum atomic E-state index is 14.3. The van der Waals surface area contributed by atoms with Gasteiger partial charge in [-0.05, 0) is 12.1 Å². The van der Waals surface area contributed by atoms with Crippen molar-refractivity contribution in [2.45, 2.75) is 6.04 Å². The largest absolute Gasteiger partial charge is 0.381 e. The van der Waals surface area contributed by atoms with Gasteiger partial charge in [0.2, 0.25) is 0 Å². The van der Waals surface area contributed by atoms with E-state index in [1.54, 1.807) is 18.3 Å². The topological polar surface area (TPSA) is 68.0 Å². The van der Waals surface area contributed by atoms with E-state index in [9.17, 15) is 4.39 Å². The summed E-state index contributed by atoms with van der Waals surface area (Å²) >= 11 is 0. The molecule has 2 aromatic rings. The second-order valence-corrected chi connectivity index (χ2v) is 3.23. The average Bonchev–Trinajstić information content (AvgIpc) is 2.74. The highest BCUT2D eigenvalue weighted by Gasteiger charge is 2.33. The summed E-state index contributed by atoms with van der Waals surface area (Å²) in [5, 5.41) is 10.0. The van der Waals surface area contributed by atoms with Crippen LogP contribution in [0.5, 0.6) is 0 Å². The van der Waals surface area contributed by atoms with Crippen LogP contribution >= 0.6 is 0 Å².